The van der Waals surface area contributed by atoms with Gasteiger partial charge in [0.1, 0.15) is 0 Å². The van der Waals surface area contributed by atoms with Gasteiger partial charge in [0.15, 0.2) is 0 Å². The summed E-state index contributed by atoms with van der Waals surface area (Å²) in [4.78, 5) is 29.5. The van der Waals surface area contributed by atoms with Crippen molar-refractivity contribution in [2.75, 3.05) is 0 Å². The van der Waals surface area contributed by atoms with E-state index in [0.29, 0.717) is 0 Å². The smallest absolute Gasteiger partial charge is 0.305 e. The van der Waals surface area contributed by atoms with E-state index < -0.39 is 0 Å². The fourth-order valence-corrected chi connectivity index (χ4v) is 19.2. The average molecular weight is 2160 g/mol. The number of fused-ring (bicyclic) bond motifs is 2. The van der Waals surface area contributed by atoms with Gasteiger partial charge in [0, 0.05) is 24.8 Å². The minimum absolute atomic E-state index is 0. The zero-order chi connectivity index (χ0) is 94.6. The maximum absolute atomic E-state index is 5.11. The van der Waals surface area contributed by atoms with Gasteiger partial charge in [-0.05, 0) is 206 Å². The van der Waals surface area contributed by atoms with Crippen LogP contribution in [0.3, 0.4) is 0 Å². The molecule has 0 saturated heterocycles. The van der Waals surface area contributed by atoms with Gasteiger partial charge >= 0.3 is 40.2 Å². The van der Waals surface area contributed by atoms with Crippen LogP contribution in [0.15, 0.2) is 401 Å². The molecule has 0 bridgehead atoms. The third-order valence-electron chi connectivity index (χ3n) is 26.9. The van der Waals surface area contributed by atoms with Gasteiger partial charge in [-0.2, -0.15) is 0 Å². The SMILES string of the molecule is CC(C)(C)c1ccnc(-c2[c-]cc(-c3ccccc3-c3cc(-c4ccccc4-c4c[c-]c(-c5cc(C(C)(C)C)ccn5)cc4)cc(-c4ccccc4-c4c[c-]c(-c5cc(-c6[c-]cc(-c7ccccc7-c7cc(-c8ccccc8-c8c[c-]c(-c9cc(C(C)(C)C)ccn9)cc8)cc(-c8ccccc8-c8c[c-]c(-c9cc(C(C)(C)C)ccn9)cc8)c7)c7ccccc67)ncn5)c5ccccc45)c3)cc2)c1.[Ir+3].[Ir+3]. The molecule has 0 aliphatic rings. The topological polar surface area (TPSA) is 77.3 Å². The third kappa shape index (κ3) is 19.2. The zero-order valence-electron chi connectivity index (χ0n) is 80.5. The largest absolute Gasteiger partial charge is 3.00 e. The molecule has 0 aliphatic heterocycles. The van der Waals surface area contributed by atoms with Crippen molar-refractivity contribution in [1.82, 2.24) is 29.9 Å². The fraction of sp³-hybridized carbons (Fsp3) is 0.121. The number of nitrogens with zero attached hydrogens (tertiary/aromatic N) is 6. The number of pyridine rings is 4. The maximum atomic E-state index is 5.11. The van der Waals surface area contributed by atoms with Crippen molar-refractivity contribution in [3.63, 3.8) is 0 Å². The van der Waals surface area contributed by atoms with Crippen LogP contribution in [0.1, 0.15) is 105 Å². The van der Waals surface area contributed by atoms with Crippen LogP contribution >= 0.6 is 0 Å². The Labute approximate surface area is 850 Å². The van der Waals surface area contributed by atoms with Crippen LogP contribution in [0.2, 0.25) is 0 Å². The summed E-state index contributed by atoms with van der Waals surface area (Å²) in [5.74, 6) is 0. The molecule has 0 radical (unpaired) electrons. The van der Waals surface area contributed by atoms with E-state index in [4.69, 9.17) is 29.9 Å². The standard InChI is InChI=1S/C132H102N6.2Ir/c1-129(2,3)99-65-69-133-123(79-99)89-53-45-85(46-54-89)103-29-13-17-33-107(103)93-73-94(108-34-18-14-30-104(108)86-47-55-90(56-48-86)124-80-100(66-70-134-124)130(4,5)6)76-97(75-93)111-37-21-23-39-113(111)119-61-63-121(117-43-27-25-41-115(117)119)127-83-128(138-84-137-127)122-64-62-120(116-42-26-28-44-118(116)122)114-40-24-22-38-112(114)98-77-95(109-35-19-15-31-105(109)87-49-57-91(58-50-87)125-81-101(67-71-135-125)131(7,8)9)74-96(78-98)110-36-20-16-32-106(110)88-51-59-92(60-52-88)126-82-102(68-72-136-126)132(10,11)12;;/h13-53,55,57,59,61-62,65-84H,1-12H3;;/q-6;2*+3. The van der Waals surface area contributed by atoms with Crippen molar-refractivity contribution in [3.8, 4) is 201 Å². The summed E-state index contributed by atoms with van der Waals surface area (Å²) in [6.07, 6.45) is 9.33. The minimum atomic E-state index is -0.0269. The van der Waals surface area contributed by atoms with Crippen LogP contribution < -0.4 is 0 Å². The number of rotatable bonds is 18. The van der Waals surface area contributed by atoms with Crippen LogP contribution in [0.4, 0.5) is 0 Å². The van der Waals surface area contributed by atoms with Crippen molar-refractivity contribution >= 4 is 21.5 Å². The monoisotopic (exact) mass is 2160 g/mol. The van der Waals surface area contributed by atoms with E-state index >= 15 is 0 Å². The van der Waals surface area contributed by atoms with E-state index in [9.17, 15) is 0 Å². The molecule has 0 fully saturated rings. The molecule has 0 atom stereocenters. The van der Waals surface area contributed by atoms with Crippen molar-refractivity contribution < 1.29 is 40.2 Å². The van der Waals surface area contributed by atoms with E-state index in [2.05, 4.69) is 490 Å². The molecule has 21 rings (SSSR count). The minimum Gasteiger partial charge on any atom is -0.305 e. The maximum Gasteiger partial charge on any atom is 3.00 e. The number of hydrogen-bond acceptors (Lipinski definition) is 6. The first-order valence-electron chi connectivity index (χ1n) is 47.5. The first kappa shape index (κ1) is 94.0. The molecule has 0 saturated carbocycles. The molecule has 0 aliphatic carbocycles. The summed E-state index contributed by atoms with van der Waals surface area (Å²) in [5, 5.41) is 4.16. The quantitative estimate of drug-likeness (QED) is 0.0797. The second-order valence-corrected chi connectivity index (χ2v) is 40.1. The molecule has 5 aromatic heterocycles. The summed E-state index contributed by atoms with van der Waals surface area (Å²) in [5.41, 5.74) is 41.2. The Kier molecular flexibility index (Phi) is 26.3. The Hall–Kier alpha value is -15.0. The molecule has 0 unspecified atom stereocenters. The van der Waals surface area contributed by atoms with Gasteiger partial charge in [-0.25, -0.2) is 0 Å². The van der Waals surface area contributed by atoms with E-state index in [1.807, 2.05) is 24.8 Å². The summed E-state index contributed by atoms with van der Waals surface area (Å²) in [6.45, 7) is 26.8. The molecule has 5 heterocycles. The summed E-state index contributed by atoms with van der Waals surface area (Å²) in [7, 11) is 0. The molecular weight excluding hydrogens is 2050 g/mol. The zero-order valence-corrected chi connectivity index (χ0v) is 85.2. The van der Waals surface area contributed by atoms with Crippen LogP contribution in [0.25, 0.3) is 223 Å². The van der Waals surface area contributed by atoms with E-state index in [0.717, 1.165) is 223 Å². The van der Waals surface area contributed by atoms with Crippen LogP contribution in [0, 0.1) is 36.4 Å². The summed E-state index contributed by atoms with van der Waals surface area (Å²) < 4.78 is 0. The molecule has 0 spiro atoms. The van der Waals surface area contributed by atoms with Crippen LogP contribution in [-0.4, -0.2) is 29.9 Å². The Balaban J connectivity index is 0.00000624. The van der Waals surface area contributed by atoms with Gasteiger partial charge in [-0.3, -0.25) is 9.97 Å². The number of benzene rings is 16. The molecule has 16 aromatic carbocycles. The Morgan fingerprint density at radius 2 is 0.386 bits per heavy atom. The van der Waals surface area contributed by atoms with Gasteiger partial charge in [0.2, 0.25) is 0 Å². The normalized spacial score (nSPS) is 11.7. The van der Waals surface area contributed by atoms with Gasteiger partial charge < -0.3 is 19.9 Å². The summed E-state index contributed by atoms with van der Waals surface area (Å²) >= 11 is 0. The van der Waals surface area contributed by atoms with Gasteiger partial charge in [0.25, 0.3) is 0 Å². The van der Waals surface area contributed by atoms with Crippen molar-refractivity contribution in [1.29, 1.82) is 0 Å². The van der Waals surface area contributed by atoms with Gasteiger partial charge in [-0.15, -0.1) is 155 Å². The van der Waals surface area contributed by atoms with Crippen molar-refractivity contribution in [2.45, 2.75) is 105 Å². The van der Waals surface area contributed by atoms with Crippen LogP contribution in [0.5, 0.6) is 0 Å². The molecule has 0 amide bonds. The van der Waals surface area contributed by atoms with Gasteiger partial charge in [0.05, 0.1) is 6.33 Å². The predicted octanol–water partition coefficient (Wildman–Crippen LogP) is 34.4. The molecule has 140 heavy (non-hydrogen) atoms. The predicted molar refractivity (Wildman–Crippen MR) is 574 cm³/mol. The molecular formula is C132H102Ir2N6. The molecule has 8 heteroatoms. The van der Waals surface area contributed by atoms with Gasteiger partial charge in [-0.1, -0.05) is 396 Å². The Morgan fingerprint density at radius 3 is 0.614 bits per heavy atom. The Bertz CT molecular complexity index is 7410. The molecule has 21 aromatic rings. The second-order valence-electron chi connectivity index (χ2n) is 40.1. The first-order valence-corrected chi connectivity index (χ1v) is 47.5. The van der Waals surface area contributed by atoms with Crippen molar-refractivity contribution in [2.24, 2.45) is 0 Å². The average Bonchev–Trinajstić information content (AvgIpc) is 0.752. The fourth-order valence-electron chi connectivity index (χ4n) is 19.2. The van der Waals surface area contributed by atoms with E-state index in [1.54, 1.807) is 6.33 Å². The second kappa shape index (κ2) is 39.1. The van der Waals surface area contributed by atoms with E-state index in [-0.39, 0.29) is 61.9 Å². The molecule has 678 valence electrons. The first-order chi connectivity index (χ1) is 66.9. The third-order valence-corrected chi connectivity index (χ3v) is 26.9. The molecule has 6 nitrogen and oxygen atoms in total. The number of hydrogen-bond donors (Lipinski definition) is 0. The van der Waals surface area contributed by atoms with E-state index in [1.165, 1.54) is 22.3 Å². The van der Waals surface area contributed by atoms with Crippen molar-refractivity contribution in [3.05, 3.63) is 460 Å². The molecule has 0 N–H and O–H groups in total. The summed E-state index contributed by atoms with van der Waals surface area (Å²) in [6, 6.07) is 156. The Morgan fingerprint density at radius 1 is 0.171 bits per heavy atom. The number of aromatic nitrogens is 6. The van der Waals surface area contributed by atoms with Crippen LogP contribution in [-0.2, 0) is 61.9 Å².